The maximum atomic E-state index is 12.9. The number of carbonyl (C=O) groups excluding carboxylic acids is 1. The monoisotopic (exact) mass is 349 g/mol. The second kappa shape index (κ2) is 6.85. The van der Waals surface area contributed by atoms with Gasteiger partial charge in [0.2, 0.25) is 0 Å². The first kappa shape index (κ1) is 15.7. The third kappa shape index (κ3) is 4.39. The van der Waals surface area contributed by atoms with E-state index in [4.69, 9.17) is 0 Å². The molecule has 0 aliphatic heterocycles. The zero-order valence-electron chi connectivity index (χ0n) is 12.0. The lowest BCUT2D eigenvalue weighted by atomic mass is 10.1. The molecule has 2 rings (SSSR count). The number of halogens is 2. The van der Waals surface area contributed by atoms with E-state index in [0.717, 1.165) is 15.6 Å². The summed E-state index contributed by atoms with van der Waals surface area (Å²) in [6.07, 6.45) is 0.662. The smallest absolute Gasteiger partial charge is 0.252 e. The third-order valence-corrected chi connectivity index (χ3v) is 3.89. The molecule has 1 unspecified atom stereocenters. The van der Waals surface area contributed by atoms with Crippen molar-refractivity contribution < 1.29 is 9.18 Å². The predicted octanol–water partition coefficient (Wildman–Crippen LogP) is 4.26. The van der Waals surface area contributed by atoms with Gasteiger partial charge in [-0.3, -0.25) is 4.79 Å². The van der Waals surface area contributed by atoms with Crippen molar-refractivity contribution in [3.05, 3.63) is 69.4 Å². The van der Waals surface area contributed by atoms with Gasteiger partial charge >= 0.3 is 0 Å². The van der Waals surface area contributed by atoms with Crippen molar-refractivity contribution in [2.45, 2.75) is 26.3 Å². The standard InChI is InChI=1S/C17H17BrFNO/c1-11-3-8-16(18)15(9-11)17(21)20-12(2)10-13-4-6-14(19)7-5-13/h3-9,12H,10H2,1-2H3,(H,20,21). The van der Waals surface area contributed by atoms with Crippen LogP contribution in [0.5, 0.6) is 0 Å². The Kier molecular flexibility index (Phi) is 5.12. The number of carbonyl (C=O) groups is 1. The topological polar surface area (TPSA) is 29.1 Å². The fourth-order valence-electron chi connectivity index (χ4n) is 2.14. The van der Waals surface area contributed by atoms with E-state index in [-0.39, 0.29) is 17.8 Å². The molecule has 0 fully saturated rings. The first-order chi connectivity index (χ1) is 9.95. The Hall–Kier alpha value is -1.68. The van der Waals surface area contributed by atoms with E-state index in [2.05, 4.69) is 21.2 Å². The van der Waals surface area contributed by atoms with Crippen LogP contribution in [-0.4, -0.2) is 11.9 Å². The minimum Gasteiger partial charge on any atom is -0.349 e. The minimum atomic E-state index is -0.251. The molecule has 0 bridgehead atoms. The summed E-state index contributed by atoms with van der Waals surface area (Å²) in [5.74, 6) is -0.362. The maximum Gasteiger partial charge on any atom is 0.252 e. The quantitative estimate of drug-likeness (QED) is 0.877. The van der Waals surface area contributed by atoms with E-state index in [1.54, 1.807) is 12.1 Å². The lowest BCUT2D eigenvalue weighted by molar-refractivity contribution is 0.0939. The lowest BCUT2D eigenvalue weighted by Crippen LogP contribution is -2.34. The minimum absolute atomic E-state index is 0.0321. The van der Waals surface area contributed by atoms with Gasteiger partial charge in [0, 0.05) is 10.5 Å². The Balaban J connectivity index is 2.01. The summed E-state index contributed by atoms with van der Waals surface area (Å²) in [6, 6.07) is 12.0. The van der Waals surface area contributed by atoms with E-state index >= 15 is 0 Å². The molecule has 1 N–H and O–H groups in total. The van der Waals surface area contributed by atoms with Crippen LogP contribution in [0.4, 0.5) is 4.39 Å². The van der Waals surface area contributed by atoms with E-state index in [9.17, 15) is 9.18 Å². The second-order valence-corrected chi connectivity index (χ2v) is 6.04. The Morgan fingerprint density at radius 2 is 1.90 bits per heavy atom. The van der Waals surface area contributed by atoms with Gasteiger partial charge in [-0.1, -0.05) is 23.8 Å². The lowest BCUT2D eigenvalue weighted by Gasteiger charge is -2.15. The molecule has 2 aromatic carbocycles. The van der Waals surface area contributed by atoms with Gasteiger partial charge < -0.3 is 5.32 Å². The third-order valence-electron chi connectivity index (χ3n) is 3.20. The average molecular weight is 350 g/mol. The van der Waals surface area contributed by atoms with Crippen LogP contribution < -0.4 is 5.32 Å². The number of benzene rings is 2. The molecule has 0 saturated carbocycles. The van der Waals surface area contributed by atoms with E-state index in [1.165, 1.54) is 12.1 Å². The number of aryl methyl sites for hydroxylation is 1. The zero-order valence-corrected chi connectivity index (χ0v) is 13.6. The van der Waals surface area contributed by atoms with Crippen LogP contribution in [0.1, 0.15) is 28.4 Å². The summed E-state index contributed by atoms with van der Waals surface area (Å²) in [5, 5.41) is 2.96. The molecule has 0 aliphatic carbocycles. The largest absolute Gasteiger partial charge is 0.349 e. The molecular formula is C17H17BrFNO. The molecule has 0 saturated heterocycles. The average Bonchev–Trinajstić information content (AvgIpc) is 2.44. The molecule has 2 aromatic rings. The highest BCUT2D eigenvalue weighted by atomic mass is 79.9. The Morgan fingerprint density at radius 3 is 2.57 bits per heavy atom. The SMILES string of the molecule is Cc1ccc(Br)c(C(=O)NC(C)Cc2ccc(F)cc2)c1. The predicted molar refractivity (Wildman–Crippen MR) is 85.9 cm³/mol. The number of nitrogens with one attached hydrogen (secondary N) is 1. The normalized spacial score (nSPS) is 12.0. The highest BCUT2D eigenvalue weighted by Crippen LogP contribution is 2.18. The fraction of sp³-hybridized carbons (Fsp3) is 0.235. The van der Waals surface area contributed by atoms with Gasteiger partial charge in [0.05, 0.1) is 5.56 Å². The molecular weight excluding hydrogens is 333 g/mol. The van der Waals surface area contributed by atoms with Crippen LogP contribution >= 0.6 is 15.9 Å². The maximum absolute atomic E-state index is 12.9. The highest BCUT2D eigenvalue weighted by molar-refractivity contribution is 9.10. The molecule has 21 heavy (non-hydrogen) atoms. The van der Waals surface area contributed by atoms with Crippen LogP contribution in [0.3, 0.4) is 0 Å². The number of rotatable bonds is 4. The molecule has 1 amide bonds. The van der Waals surface area contributed by atoms with E-state index in [1.807, 2.05) is 32.0 Å². The molecule has 2 nitrogen and oxygen atoms in total. The fourth-order valence-corrected chi connectivity index (χ4v) is 2.57. The Bertz CT molecular complexity index is 640. The van der Waals surface area contributed by atoms with Gasteiger partial charge in [-0.15, -0.1) is 0 Å². The van der Waals surface area contributed by atoms with Crippen molar-refractivity contribution >= 4 is 21.8 Å². The van der Waals surface area contributed by atoms with E-state index < -0.39 is 0 Å². The highest BCUT2D eigenvalue weighted by Gasteiger charge is 2.13. The van der Waals surface area contributed by atoms with Gasteiger partial charge in [-0.2, -0.15) is 0 Å². The van der Waals surface area contributed by atoms with Gasteiger partial charge in [0.15, 0.2) is 0 Å². The summed E-state index contributed by atoms with van der Waals surface area (Å²) in [6.45, 7) is 3.89. The summed E-state index contributed by atoms with van der Waals surface area (Å²) in [4.78, 5) is 12.3. The summed E-state index contributed by atoms with van der Waals surface area (Å²) < 4.78 is 13.6. The van der Waals surface area contributed by atoms with Crippen LogP contribution in [0.15, 0.2) is 46.9 Å². The first-order valence-corrected chi connectivity index (χ1v) is 7.56. The Morgan fingerprint density at radius 1 is 1.24 bits per heavy atom. The number of hydrogen-bond acceptors (Lipinski definition) is 1. The molecule has 0 aliphatic rings. The van der Waals surface area contributed by atoms with Crippen LogP contribution in [-0.2, 0) is 6.42 Å². The molecule has 0 heterocycles. The van der Waals surface area contributed by atoms with Crippen molar-refractivity contribution in [2.75, 3.05) is 0 Å². The van der Waals surface area contributed by atoms with Crippen molar-refractivity contribution in [3.63, 3.8) is 0 Å². The molecule has 4 heteroatoms. The van der Waals surface area contributed by atoms with Gasteiger partial charge in [0.1, 0.15) is 5.82 Å². The van der Waals surface area contributed by atoms with Gasteiger partial charge in [-0.25, -0.2) is 4.39 Å². The van der Waals surface area contributed by atoms with Crippen molar-refractivity contribution in [3.8, 4) is 0 Å². The Labute approximate surface area is 132 Å². The molecule has 0 aromatic heterocycles. The molecule has 0 spiro atoms. The summed E-state index contributed by atoms with van der Waals surface area (Å²) in [7, 11) is 0. The summed E-state index contributed by atoms with van der Waals surface area (Å²) in [5.41, 5.74) is 2.66. The van der Waals surface area contributed by atoms with Gasteiger partial charge in [-0.05, 0) is 66.0 Å². The van der Waals surface area contributed by atoms with Crippen LogP contribution in [0.25, 0.3) is 0 Å². The van der Waals surface area contributed by atoms with Crippen molar-refractivity contribution in [1.82, 2.24) is 5.32 Å². The van der Waals surface area contributed by atoms with Crippen LogP contribution in [0.2, 0.25) is 0 Å². The van der Waals surface area contributed by atoms with Crippen molar-refractivity contribution in [2.24, 2.45) is 0 Å². The number of hydrogen-bond donors (Lipinski definition) is 1. The second-order valence-electron chi connectivity index (χ2n) is 5.19. The molecule has 1 atom stereocenters. The molecule has 0 radical (unpaired) electrons. The van der Waals surface area contributed by atoms with Crippen molar-refractivity contribution in [1.29, 1.82) is 0 Å². The van der Waals surface area contributed by atoms with E-state index in [0.29, 0.717) is 12.0 Å². The zero-order chi connectivity index (χ0) is 15.4. The number of amides is 1. The van der Waals surface area contributed by atoms with Crippen LogP contribution in [0, 0.1) is 12.7 Å². The molecule has 110 valence electrons. The summed E-state index contributed by atoms with van der Waals surface area (Å²) >= 11 is 3.39. The first-order valence-electron chi connectivity index (χ1n) is 6.77. The van der Waals surface area contributed by atoms with Gasteiger partial charge in [0.25, 0.3) is 5.91 Å².